The van der Waals surface area contributed by atoms with Gasteiger partial charge in [-0.2, -0.15) is 0 Å². The summed E-state index contributed by atoms with van der Waals surface area (Å²) in [5.74, 6) is 0.199. The maximum Gasteiger partial charge on any atom is 0.148 e. The van der Waals surface area contributed by atoms with Gasteiger partial charge in [-0.05, 0) is 30.4 Å². The number of sulfone groups is 1. The first-order valence-corrected chi connectivity index (χ1v) is 9.85. The third kappa shape index (κ3) is 3.73. The van der Waals surface area contributed by atoms with E-state index in [0.717, 1.165) is 6.42 Å². The first-order valence-electron chi connectivity index (χ1n) is 6.03. The van der Waals surface area contributed by atoms with E-state index in [1.54, 1.807) is 11.3 Å². The second-order valence-corrected chi connectivity index (χ2v) is 9.85. The van der Waals surface area contributed by atoms with E-state index in [-0.39, 0.29) is 11.8 Å². The lowest BCUT2D eigenvalue weighted by atomic mass is 10.0. The second kappa shape index (κ2) is 5.53. The van der Waals surface area contributed by atoms with Crippen LogP contribution in [-0.2, 0) is 9.84 Å². The number of thioether (sulfide) groups is 1. The first-order chi connectivity index (χ1) is 8.35. The highest BCUT2D eigenvalue weighted by Gasteiger charge is 2.27. The highest BCUT2D eigenvalue weighted by Crippen LogP contribution is 2.43. The Morgan fingerprint density at radius 1 is 1.56 bits per heavy atom. The molecule has 0 spiro atoms. The molecule has 0 aliphatic carbocycles. The molecule has 6 heteroatoms. The average Bonchev–Trinajstić information content (AvgIpc) is 2.61. The van der Waals surface area contributed by atoms with E-state index >= 15 is 0 Å². The third-order valence-corrected chi connectivity index (χ3v) is 6.40. The molecule has 1 N–H and O–H groups in total. The summed E-state index contributed by atoms with van der Waals surface area (Å²) in [6, 6.07) is 2.44. The van der Waals surface area contributed by atoms with Crippen molar-refractivity contribution in [1.29, 1.82) is 0 Å². The Morgan fingerprint density at radius 2 is 2.28 bits per heavy atom. The van der Waals surface area contributed by atoms with Crippen molar-refractivity contribution in [3.63, 3.8) is 0 Å². The minimum Gasteiger partial charge on any atom is -0.306 e. The van der Waals surface area contributed by atoms with E-state index < -0.39 is 9.84 Å². The van der Waals surface area contributed by atoms with Crippen LogP contribution in [0.15, 0.2) is 15.7 Å². The van der Waals surface area contributed by atoms with Crippen molar-refractivity contribution >= 4 is 32.9 Å². The molecule has 18 heavy (non-hydrogen) atoms. The van der Waals surface area contributed by atoms with Crippen LogP contribution >= 0.6 is 23.1 Å². The molecule has 0 bridgehead atoms. The number of nitrogens with one attached hydrogen (secondary N) is 1. The Labute approximate surface area is 117 Å². The smallest absolute Gasteiger partial charge is 0.148 e. The van der Waals surface area contributed by atoms with Gasteiger partial charge in [-0.3, -0.25) is 0 Å². The molecule has 0 saturated carbocycles. The molecule has 0 fully saturated rings. The minimum atomic E-state index is -2.92. The van der Waals surface area contributed by atoms with Gasteiger partial charge >= 0.3 is 0 Å². The first kappa shape index (κ1) is 14.4. The zero-order valence-electron chi connectivity index (χ0n) is 10.8. The highest BCUT2D eigenvalue weighted by atomic mass is 32.2. The fourth-order valence-electron chi connectivity index (χ4n) is 2.35. The van der Waals surface area contributed by atoms with Crippen LogP contribution in [0.2, 0.25) is 0 Å². The van der Waals surface area contributed by atoms with Crippen LogP contribution in [0.3, 0.4) is 0 Å². The van der Waals surface area contributed by atoms with Crippen LogP contribution < -0.4 is 5.32 Å². The molecule has 0 aromatic carbocycles. The molecule has 1 aliphatic heterocycles. The molecular weight excluding hydrogens is 286 g/mol. The summed E-state index contributed by atoms with van der Waals surface area (Å²) in [5.41, 5.74) is 1.34. The van der Waals surface area contributed by atoms with Crippen LogP contribution in [0.5, 0.6) is 0 Å². The van der Waals surface area contributed by atoms with E-state index in [1.807, 2.05) is 18.7 Å². The molecule has 2 heterocycles. The Hall–Kier alpha value is -0.0400. The molecule has 102 valence electrons. The largest absolute Gasteiger partial charge is 0.306 e. The highest BCUT2D eigenvalue weighted by molar-refractivity contribution is 8.01. The molecule has 0 radical (unpaired) electrons. The number of hydrogen-bond donors (Lipinski definition) is 1. The summed E-state index contributed by atoms with van der Waals surface area (Å²) in [5, 5.41) is 6.16. The molecule has 0 amide bonds. The number of fused-ring (bicyclic) bond motifs is 1. The van der Waals surface area contributed by atoms with E-state index in [1.165, 1.54) is 16.0 Å². The van der Waals surface area contributed by atoms with E-state index in [9.17, 15) is 8.42 Å². The SMILES string of the molecule is CC(CS(C)(=O)=O)NC1C[C@H](C)Sc2sccc21. The quantitative estimate of drug-likeness (QED) is 0.929. The van der Waals surface area contributed by atoms with Gasteiger partial charge in [0.15, 0.2) is 0 Å². The maximum atomic E-state index is 11.3. The van der Waals surface area contributed by atoms with Gasteiger partial charge < -0.3 is 5.32 Å². The molecule has 2 rings (SSSR count). The molecule has 0 saturated heterocycles. The van der Waals surface area contributed by atoms with Crippen LogP contribution in [0.4, 0.5) is 0 Å². The molecule has 3 nitrogen and oxygen atoms in total. The van der Waals surface area contributed by atoms with Gasteiger partial charge in [-0.15, -0.1) is 23.1 Å². The van der Waals surface area contributed by atoms with Crippen molar-refractivity contribution in [2.24, 2.45) is 0 Å². The number of rotatable bonds is 4. The molecular formula is C12H19NO2S3. The van der Waals surface area contributed by atoms with Gasteiger partial charge in [-0.1, -0.05) is 6.92 Å². The van der Waals surface area contributed by atoms with Gasteiger partial charge in [0.05, 0.1) is 9.96 Å². The van der Waals surface area contributed by atoms with Crippen molar-refractivity contribution in [1.82, 2.24) is 5.32 Å². The van der Waals surface area contributed by atoms with E-state index in [0.29, 0.717) is 11.3 Å². The second-order valence-electron chi connectivity index (χ2n) is 5.04. The Morgan fingerprint density at radius 3 is 2.94 bits per heavy atom. The monoisotopic (exact) mass is 305 g/mol. The lowest BCUT2D eigenvalue weighted by molar-refractivity contribution is 0.443. The van der Waals surface area contributed by atoms with Crippen LogP contribution in [0.1, 0.15) is 31.9 Å². The fourth-order valence-corrected chi connectivity index (χ4v) is 5.92. The number of hydrogen-bond acceptors (Lipinski definition) is 5. The lowest BCUT2D eigenvalue weighted by Gasteiger charge is -2.30. The van der Waals surface area contributed by atoms with Gasteiger partial charge in [-0.25, -0.2) is 8.42 Å². The fraction of sp³-hybridized carbons (Fsp3) is 0.667. The van der Waals surface area contributed by atoms with Gasteiger partial charge in [0.1, 0.15) is 9.84 Å². The summed E-state index contributed by atoms with van der Waals surface area (Å²) in [4.78, 5) is 0. The molecule has 1 aliphatic rings. The summed E-state index contributed by atoms with van der Waals surface area (Å²) in [6.45, 7) is 4.17. The summed E-state index contributed by atoms with van der Waals surface area (Å²) >= 11 is 3.70. The lowest BCUT2D eigenvalue weighted by Crippen LogP contribution is -2.37. The summed E-state index contributed by atoms with van der Waals surface area (Å²) < 4.78 is 24.0. The predicted molar refractivity (Wildman–Crippen MR) is 79.3 cm³/mol. The van der Waals surface area contributed by atoms with Crippen LogP contribution in [0, 0.1) is 0 Å². The Kier molecular flexibility index (Phi) is 4.41. The van der Waals surface area contributed by atoms with Crippen molar-refractivity contribution in [3.05, 3.63) is 17.0 Å². The summed E-state index contributed by atoms with van der Waals surface area (Å²) in [7, 11) is -2.92. The Balaban J connectivity index is 2.07. The zero-order valence-corrected chi connectivity index (χ0v) is 13.3. The van der Waals surface area contributed by atoms with Gasteiger partial charge in [0.25, 0.3) is 0 Å². The van der Waals surface area contributed by atoms with Gasteiger partial charge in [0, 0.05) is 23.6 Å². The molecule has 3 atom stereocenters. The van der Waals surface area contributed by atoms with E-state index in [4.69, 9.17) is 0 Å². The average molecular weight is 305 g/mol. The predicted octanol–water partition coefficient (Wildman–Crippen LogP) is 2.70. The van der Waals surface area contributed by atoms with Crippen molar-refractivity contribution in [2.75, 3.05) is 12.0 Å². The van der Waals surface area contributed by atoms with Crippen molar-refractivity contribution in [3.8, 4) is 0 Å². The molecule has 2 unspecified atom stereocenters. The molecule has 1 aromatic rings. The Bertz CT molecular complexity index is 509. The maximum absolute atomic E-state index is 11.3. The van der Waals surface area contributed by atoms with E-state index in [2.05, 4.69) is 23.7 Å². The minimum absolute atomic E-state index is 0.00644. The summed E-state index contributed by atoms with van der Waals surface area (Å²) in [6.07, 6.45) is 2.35. The van der Waals surface area contributed by atoms with Crippen LogP contribution in [-0.4, -0.2) is 31.7 Å². The number of thiophene rings is 1. The standard InChI is InChI=1S/C12H19NO2S3/c1-8(7-18(3,14)15)13-11-6-9(2)17-12-10(11)4-5-16-12/h4-5,8-9,11,13H,6-7H2,1-3H3/t8?,9-,11?/m0/s1. The third-order valence-electron chi connectivity index (χ3n) is 2.95. The van der Waals surface area contributed by atoms with Crippen LogP contribution in [0.25, 0.3) is 0 Å². The van der Waals surface area contributed by atoms with Crippen molar-refractivity contribution < 1.29 is 8.42 Å². The zero-order chi connectivity index (χ0) is 13.3. The van der Waals surface area contributed by atoms with Gasteiger partial charge in [0.2, 0.25) is 0 Å². The van der Waals surface area contributed by atoms with Crippen molar-refractivity contribution in [2.45, 2.75) is 41.8 Å². The topological polar surface area (TPSA) is 46.2 Å². The molecule has 1 aromatic heterocycles. The normalized spacial score (nSPS) is 25.7.